The van der Waals surface area contributed by atoms with Gasteiger partial charge in [-0.3, -0.25) is 4.79 Å². The normalized spacial score (nSPS) is 20.4. The minimum absolute atomic E-state index is 0.123. The molecule has 1 aliphatic carbocycles. The highest BCUT2D eigenvalue weighted by atomic mass is 16.3. The molecule has 3 N–H and O–H groups in total. The fourth-order valence-corrected chi connectivity index (χ4v) is 2.75. The molecule has 20 heavy (non-hydrogen) atoms. The van der Waals surface area contributed by atoms with Gasteiger partial charge in [0.2, 0.25) is 0 Å². The molecule has 0 spiro atoms. The number of aliphatic hydroxyl groups is 1. The SMILES string of the molecule is Cc1[nH]c(C=C2C(=O)NN=C2C2CC2)c(C)c1CCO. The Balaban J connectivity index is 1.97. The quantitative estimate of drug-likeness (QED) is 0.726. The van der Waals surface area contributed by atoms with Crippen molar-refractivity contribution in [3.8, 4) is 0 Å². The van der Waals surface area contributed by atoms with Crippen LogP contribution in [0, 0.1) is 19.8 Å². The number of aliphatic hydroxyl groups excluding tert-OH is 1. The second-order valence-corrected chi connectivity index (χ2v) is 5.51. The molecule has 0 unspecified atom stereocenters. The van der Waals surface area contributed by atoms with E-state index in [0.29, 0.717) is 17.9 Å². The highest BCUT2D eigenvalue weighted by Gasteiger charge is 2.36. The Hall–Kier alpha value is -1.88. The van der Waals surface area contributed by atoms with E-state index in [2.05, 4.69) is 15.5 Å². The maximum atomic E-state index is 11.9. The van der Waals surface area contributed by atoms with Gasteiger partial charge in [-0.25, -0.2) is 5.43 Å². The van der Waals surface area contributed by atoms with Crippen molar-refractivity contribution >= 4 is 17.7 Å². The lowest BCUT2D eigenvalue weighted by Crippen LogP contribution is -2.13. The standard InChI is InChI=1S/C15H19N3O2/c1-8-11(5-6-19)9(2)16-13(8)7-12-14(10-3-4-10)17-18-15(12)20/h7,10,16,19H,3-6H2,1-2H3,(H,18,20). The third kappa shape index (κ3) is 2.18. The van der Waals surface area contributed by atoms with Crippen LogP contribution in [-0.2, 0) is 11.2 Å². The number of H-pyrrole nitrogens is 1. The van der Waals surface area contributed by atoms with Crippen LogP contribution in [0.4, 0.5) is 0 Å². The molecule has 5 heteroatoms. The summed E-state index contributed by atoms with van der Waals surface area (Å²) < 4.78 is 0. The Kier molecular flexibility index (Phi) is 3.22. The lowest BCUT2D eigenvalue weighted by molar-refractivity contribution is -0.116. The van der Waals surface area contributed by atoms with Crippen molar-refractivity contribution < 1.29 is 9.90 Å². The zero-order chi connectivity index (χ0) is 14.3. The summed E-state index contributed by atoms with van der Waals surface area (Å²) in [5.41, 5.74) is 8.33. The van der Waals surface area contributed by atoms with E-state index in [-0.39, 0.29) is 12.5 Å². The first-order valence-corrected chi connectivity index (χ1v) is 7.00. The summed E-state index contributed by atoms with van der Waals surface area (Å²) in [6, 6.07) is 0. The van der Waals surface area contributed by atoms with E-state index in [1.807, 2.05) is 19.9 Å². The summed E-state index contributed by atoms with van der Waals surface area (Å²) in [4.78, 5) is 15.2. The Labute approximate surface area is 117 Å². The minimum Gasteiger partial charge on any atom is -0.396 e. The minimum atomic E-state index is -0.123. The number of carbonyl (C=O) groups is 1. The first-order chi connectivity index (χ1) is 9.61. The summed E-state index contributed by atoms with van der Waals surface area (Å²) in [5.74, 6) is 0.315. The van der Waals surface area contributed by atoms with Crippen molar-refractivity contribution in [2.75, 3.05) is 6.61 Å². The van der Waals surface area contributed by atoms with Crippen LogP contribution in [0.2, 0.25) is 0 Å². The fraction of sp³-hybridized carbons (Fsp3) is 0.467. The molecule has 1 fully saturated rings. The number of hydrogen-bond donors (Lipinski definition) is 3. The number of hydrazone groups is 1. The molecule has 0 bridgehead atoms. The smallest absolute Gasteiger partial charge is 0.273 e. The number of carbonyl (C=O) groups excluding carboxylic acids is 1. The average molecular weight is 273 g/mol. The molecule has 2 heterocycles. The van der Waals surface area contributed by atoms with E-state index < -0.39 is 0 Å². The van der Waals surface area contributed by atoms with Crippen LogP contribution in [0.25, 0.3) is 6.08 Å². The second-order valence-electron chi connectivity index (χ2n) is 5.51. The third-order valence-electron chi connectivity index (χ3n) is 4.04. The zero-order valence-electron chi connectivity index (χ0n) is 11.8. The van der Waals surface area contributed by atoms with Crippen molar-refractivity contribution in [2.24, 2.45) is 11.0 Å². The third-order valence-corrected chi connectivity index (χ3v) is 4.04. The van der Waals surface area contributed by atoms with Crippen molar-refractivity contribution in [3.63, 3.8) is 0 Å². The molecule has 1 amide bonds. The molecule has 1 aliphatic heterocycles. The molecule has 5 nitrogen and oxygen atoms in total. The maximum absolute atomic E-state index is 11.9. The topological polar surface area (TPSA) is 77.5 Å². The summed E-state index contributed by atoms with van der Waals surface area (Å²) in [6.45, 7) is 4.14. The van der Waals surface area contributed by atoms with Gasteiger partial charge in [0.1, 0.15) is 0 Å². The van der Waals surface area contributed by atoms with E-state index in [1.165, 1.54) is 0 Å². The molecular formula is C15H19N3O2. The Morgan fingerprint density at radius 3 is 2.80 bits per heavy atom. The fourth-order valence-electron chi connectivity index (χ4n) is 2.75. The number of nitrogens with one attached hydrogen (secondary N) is 2. The number of hydrogen-bond acceptors (Lipinski definition) is 3. The van der Waals surface area contributed by atoms with Gasteiger partial charge in [0.25, 0.3) is 5.91 Å². The van der Waals surface area contributed by atoms with E-state index in [4.69, 9.17) is 5.11 Å². The highest BCUT2D eigenvalue weighted by Crippen LogP contribution is 2.35. The monoisotopic (exact) mass is 273 g/mol. The molecule has 3 rings (SSSR count). The van der Waals surface area contributed by atoms with Gasteiger partial charge in [-0.15, -0.1) is 0 Å². The zero-order valence-corrected chi connectivity index (χ0v) is 11.8. The van der Waals surface area contributed by atoms with Gasteiger partial charge in [-0.2, -0.15) is 5.10 Å². The maximum Gasteiger partial charge on any atom is 0.273 e. The number of aromatic amines is 1. The van der Waals surface area contributed by atoms with Gasteiger partial charge in [0.05, 0.1) is 11.3 Å². The summed E-state index contributed by atoms with van der Waals surface area (Å²) in [6.07, 6.45) is 4.75. The Morgan fingerprint density at radius 2 is 2.15 bits per heavy atom. The number of nitrogens with zero attached hydrogens (tertiary/aromatic N) is 1. The number of aryl methyl sites for hydroxylation is 1. The summed E-state index contributed by atoms with van der Waals surface area (Å²) in [7, 11) is 0. The van der Waals surface area contributed by atoms with Gasteiger partial charge >= 0.3 is 0 Å². The molecular weight excluding hydrogens is 254 g/mol. The number of aromatic nitrogens is 1. The van der Waals surface area contributed by atoms with Crippen LogP contribution >= 0.6 is 0 Å². The molecule has 0 saturated heterocycles. The Bertz CT molecular complexity index is 621. The first-order valence-electron chi connectivity index (χ1n) is 7.00. The van der Waals surface area contributed by atoms with Gasteiger partial charge in [-0.1, -0.05) is 0 Å². The predicted octanol–water partition coefficient (Wildman–Crippen LogP) is 1.45. The summed E-state index contributed by atoms with van der Waals surface area (Å²) in [5, 5.41) is 13.3. The van der Waals surface area contributed by atoms with Gasteiger partial charge < -0.3 is 10.1 Å². The lowest BCUT2D eigenvalue weighted by Gasteiger charge is -2.00. The van der Waals surface area contributed by atoms with Gasteiger partial charge in [-0.05, 0) is 50.3 Å². The molecule has 106 valence electrons. The van der Waals surface area contributed by atoms with E-state index in [0.717, 1.165) is 41.1 Å². The van der Waals surface area contributed by atoms with Gasteiger partial charge in [0, 0.05) is 23.9 Å². The van der Waals surface area contributed by atoms with Crippen LogP contribution in [0.5, 0.6) is 0 Å². The van der Waals surface area contributed by atoms with E-state index >= 15 is 0 Å². The molecule has 2 aliphatic rings. The van der Waals surface area contributed by atoms with Crippen LogP contribution in [-0.4, -0.2) is 28.3 Å². The molecule has 0 aromatic carbocycles. The number of rotatable bonds is 4. The Morgan fingerprint density at radius 1 is 1.40 bits per heavy atom. The first kappa shape index (κ1) is 13.1. The second kappa shape index (κ2) is 4.90. The average Bonchev–Trinajstić information content (AvgIpc) is 3.15. The summed E-state index contributed by atoms with van der Waals surface area (Å²) >= 11 is 0. The van der Waals surface area contributed by atoms with E-state index in [9.17, 15) is 4.79 Å². The van der Waals surface area contributed by atoms with Gasteiger partial charge in [0.15, 0.2) is 0 Å². The van der Waals surface area contributed by atoms with Crippen LogP contribution in [0.1, 0.15) is 35.4 Å². The lowest BCUT2D eigenvalue weighted by atomic mass is 10.0. The number of amides is 1. The van der Waals surface area contributed by atoms with Crippen LogP contribution < -0.4 is 5.43 Å². The molecule has 0 atom stereocenters. The van der Waals surface area contributed by atoms with Crippen molar-refractivity contribution in [1.82, 2.24) is 10.4 Å². The van der Waals surface area contributed by atoms with E-state index in [1.54, 1.807) is 0 Å². The molecule has 1 aromatic rings. The largest absolute Gasteiger partial charge is 0.396 e. The van der Waals surface area contributed by atoms with Crippen LogP contribution in [0.15, 0.2) is 10.7 Å². The molecule has 1 saturated carbocycles. The van der Waals surface area contributed by atoms with Crippen LogP contribution in [0.3, 0.4) is 0 Å². The molecule has 1 aromatic heterocycles. The molecule has 0 radical (unpaired) electrons. The van der Waals surface area contributed by atoms with Crippen molar-refractivity contribution in [2.45, 2.75) is 33.1 Å². The van der Waals surface area contributed by atoms with Crippen molar-refractivity contribution in [3.05, 3.63) is 28.1 Å². The van der Waals surface area contributed by atoms with Crippen molar-refractivity contribution in [1.29, 1.82) is 0 Å². The predicted molar refractivity (Wildman–Crippen MR) is 77.3 cm³/mol. The highest BCUT2D eigenvalue weighted by molar-refractivity contribution is 6.28.